The number of carbonyl (C=O) groups is 2. The molecule has 48 heavy (non-hydrogen) atoms. The van der Waals surface area contributed by atoms with Crippen molar-refractivity contribution in [2.24, 2.45) is 44.8 Å². The Kier molecular flexibility index (Phi) is 10.1. The lowest BCUT2D eigenvalue weighted by atomic mass is 9.46. The minimum absolute atomic E-state index is 0.0112. The van der Waals surface area contributed by atoms with Crippen LogP contribution in [-0.4, -0.2) is 90.0 Å². The zero-order valence-electron chi connectivity index (χ0n) is 29.4. The molecule has 0 aromatic rings. The van der Waals surface area contributed by atoms with Crippen molar-refractivity contribution in [3.8, 4) is 0 Å². The van der Waals surface area contributed by atoms with Crippen molar-refractivity contribution >= 4 is 23.4 Å². The number of hydrazone groups is 1. The van der Waals surface area contributed by atoms with Crippen molar-refractivity contribution in [1.82, 2.24) is 5.01 Å². The molecule has 1 heterocycles. The third-order valence-corrected chi connectivity index (χ3v) is 12.5. The SMILES string of the molecule is CCCC(=O)OCC(=NN(C)C)[C@@]12OC(C3CCCCC3)O[C@@H]1C[C@H]1[C@@H]3CCC4=CC(=NOCCC(=O)O)C=C[C@]4(C)[C@H]3[C@@H](O)C[C@@]12C. The van der Waals surface area contributed by atoms with E-state index in [0.29, 0.717) is 36.6 Å². The van der Waals surface area contributed by atoms with Gasteiger partial charge in [-0.05, 0) is 68.9 Å². The van der Waals surface area contributed by atoms with E-state index in [4.69, 9.17) is 29.3 Å². The van der Waals surface area contributed by atoms with E-state index in [2.05, 4.69) is 31.2 Å². The van der Waals surface area contributed by atoms with Gasteiger partial charge in [0.15, 0.2) is 6.29 Å². The first-order chi connectivity index (χ1) is 22.9. The lowest BCUT2D eigenvalue weighted by Gasteiger charge is -2.60. The van der Waals surface area contributed by atoms with Gasteiger partial charge in [0.25, 0.3) is 0 Å². The summed E-state index contributed by atoms with van der Waals surface area (Å²) in [6, 6.07) is 0. The smallest absolute Gasteiger partial charge is 0.306 e. The predicted molar refractivity (Wildman–Crippen MR) is 180 cm³/mol. The van der Waals surface area contributed by atoms with Gasteiger partial charge in [0.2, 0.25) is 0 Å². The molecule has 0 aromatic carbocycles. The van der Waals surface area contributed by atoms with Crippen LogP contribution in [0.25, 0.3) is 0 Å². The Morgan fingerprint density at radius 2 is 1.90 bits per heavy atom. The number of ether oxygens (including phenoxy) is 3. The molecule has 5 aliphatic carbocycles. The van der Waals surface area contributed by atoms with Gasteiger partial charge in [-0.3, -0.25) is 9.59 Å². The first-order valence-electron chi connectivity index (χ1n) is 18.2. The predicted octanol–water partition coefficient (Wildman–Crippen LogP) is 5.47. The summed E-state index contributed by atoms with van der Waals surface area (Å²) in [6.07, 6.45) is 14.7. The summed E-state index contributed by atoms with van der Waals surface area (Å²) in [5.41, 5.74) is 0.749. The van der Waals surface area contributed by atoms with Gasteiger partial charge >= 0.3 is 11.9 Å². The van der Waals surface area contributed by atoms with E-state index in [9.17, 15) is 14.7 Å². The second-order valence-corrected chi connectivity index (χ2v) is 15.6. The highest BCUT2D eigenvalue weighted by molar-refractivity contribution is 6.05. The Balaban J connectivity index is 1.33. The standard InChI is InChI=1S/C37H55N3O8/c1-6-10-32(44)45-22-29(38-40(4)5)37-30(47-34(48-37)23-11-8-7-9-12-23)20-27-26-14-13-24-19-25(39-46-18-16-31(42)43)15-17-35(24,2)33(26)28(41)21-36(27,37)3/h15,17,19,23,26-28,30,33-34,41H,6-14,16,18,20-22H2,1-5H3,(H,42,43)/t26-,27-,28-,30+,33+,34?,35-,36-,37+/m0/s1. The number of aliphatic carboxylic acids is 1. The quantitative estimate of drug-likeness (QED) is 0.127. The Labute approximate surface area is 284 Å². The van der Waals surface area contributed by atoms with E-state index < -0.39 is 23.1 Å². The van der Waals surface area contributed by atoms with Gasteiger partial charge in [-0.1, -0.05) is 56.8 Å². The van der Waals surface area contributed by atoms with E-state index in [0.717, 1.165) is 32.1 Å². The minimum Gasteiger partial charge on any atom is -0.481 e. The van der Waals surface area contributed by atoms with Crippen LogP contribution in [0.5, 0.6) is 0 Å². The zero-order chi connectivity index (χ0) is 34.3. The molecule has 4 saturated carbocycles. The van der Waals surface area contributed by atoms with Gasteiger partial charge in [0, 0.05) is 43.2 Å². The molecule has 0 spiro atoms. The molecular formula is C37H55N3O8. The summed E-state index contributed by atoms with van der Waals surface area (Å²) in [7, 11) is 3.77. The summed E-state index contributed by atoms with van der Waals surface area (Å²) in [5.74, 6) is -0.465. The fraction of sp³-hybridized carbons (Fsp3) is 0.784. The van der Waals surface area contributed by atoms with Crippen LogP contribution in [0.2, 0.25) is 0 Å². The van der Waals surface area contributed by atoms with Gasteiger partial charge in [-0.2, -0.15) is 5.10 Å². The summed E-state index contributed by atoms with van der Waals surface area (Å²) >= 11 is 0. The second kappa shape index (κ2) is 13.9. The number of carbonyl (C=O) groups excluding carboxylic acids is 1. The molecule has 11 nitrogen and oxygen atoms in total. The molecule has 9 atom stereocenters. The lowest BCUT2D eigenvalue weighted by Crippen LogP contribution is -2.64. The number of carboxylic acid groups (broad SMARTS) is 1. The normalized spacial score (nSPS) is 40.0. The van der Waals surface area contributed by atoms with Gasteiger partial charge in [0.1, 0.15) is 30.2 Å². The van der Waals surface area contributed by atoms with E-state index in [1.807, 2.05) is 27.1 Å². The molecule has 2 N–H and O–H groups in total. The molecule has 0 amide bonds. The molecule has 266 valence electrons. The van der Waals surface area contributed by atoms with E-state index in [-0.39, 0.29) is 61.2 Å². The Morgan fingerprint density at radius 1 is 1.12 bits per heavy atom. The number of oxime groups is 1. The maximum Gasteiger partial charge on any atom is 0.306 e. The first-order valence-corrected chi connectivity index (χ1v) is 18.2. The molecule has 0 aromatic heterocycles. The van der Waals surface area contributed by atoms with Crippen LogP contribution in [0.1, 0.15) is 97.8 Å². The summed E-state index contributed by atoms with van der Waals surface area (Å²) in [4.78, 5) is 28.8. The van der Waals surface area contributed by atoms with Gasteiger partial charge in [0.05, 0.1) is 18.6 Å². The van der Waals surface area contributed by atoms with Gasteiger partial charge in [-0.15, -0.1) is 0 Å². The fourth-order valence-corrected chi connectivity index (χ4v) is 10.4. The Hall–Kier alpha value is -2.76. The average Bonchev–Trinajstić information content (AvgIpc) is 3.54. The molecule has 5 fully saturated rings. The van der Waals surface area contributed by atoms with Crippen LogP contribution >= 0.6 is 0 Å². The van der Waals surface area contributed by atoms with Crippen molar-refractivity contribution in [2.45, 2.75) is 122 Å². The summed E-state index contributed by atoms with van der Waals surface area (Å²) in [5, 5.41) is 32.2. The minimum atomic E-state index is -0.935. The van der Waals surface area contributed by atoms with E-state index >= 15 is 0 Å². The fourth-order valence-electron chi connectivity index (χ4n) is 10.4. The zero-order valence-corrected chi connectivity index (χ0v) is 29.4. The summed E-state index contributed by atoms with van der Waals surface area (Å²) in [6.45, 7) is 6.51. The molecular weight excluding hydrogens is 614 g/mol. The number of nitrogens with zero attached hydrogens (tertiary/aromatic N) is 3. The molecule has 1 saturated heterocycles. The number of hydrogen-bond acceptors (Lipinski definition) is 10. The van der Waals surface area contributed by atoms with Crippen LogP contribution in [0.15, 0.2) is 34.1 Å². The first kappa shape index (κ1) is 35.1. The second-order valence-electron chi connectivity index (χ2n) is 15.6. The van der Waals surface area contributed by atoms with Crippen molar-refractivity contribution in [3.05, 3.63) is 23.8 Å². The average molecular weight is 670 g/mol. The summed E-state index contributed by atoms with van der Waals surface area (Å²) < 4.78 is 20.2. The number of rotatable bonds is 11. The third-order valence-electron chi connectivity index (χ3n) is 12.5. The Morgan fingerprint density at radius 3 is 2.60 bits per heavy atom. The Bertz CT molecular complexity index is 1350. The maximum atomic E-state index is 12.7. The van der Waals surface area contributed by atoms with Crippen LogP contribution in [0, 0.1) is 34.5 Å². The lowest BCUT2D eigenvalue weighted by molar-refractivity contribution is -0.190. The van der Waals surface area contributed by atoms with Crippen LogP contribution in [0.4, 0.5) is 0 Å². The molecule has 0 radical (unpaired) electrons. The van der Waals surface area contributed by atoms with E-state index in [1.165, 1.54) is 24.8 Å². The topological polar surface area (TPSA) is 139 Å². The van der Waals surface area contributed by atoms with Crippen molar-refractivity contribution < 1.29 is 38.9 Å². The third kappa shape index (κ3) is 6.12. The highest BCUT2D eigenvalue weighted by Gasteiger charge is 2.75. The molecule has 1 aliphatic heterocycles. The molecule has 6 rings (SSSR count). The van der Waals surface area contributed by atoms with Gasteiger partial charge < -0.3 is 34.3 Å². The maximum absolute atomic E-state index is 12.7. The molecule has 6 aliphatic rings. The number of fused-ring (bicyclic) bond motifs is 7. The number of carboxylic acids is 1. The number of hydrogen-bond donors (Lipinski definition) is 2. The largest absolute Gasteiger partial charge is 0.481 e. The van der Waals surface area contributed by atoms with E-state index in [1.54, 1.807) is 5.01 Å². The monoisotopic (exact) mass is 669 g/mol. The van der Waals surface area contributed by atoms with Crippen molar-refractivity contribution in [2.75, 3.05) is 27.3 Å². The number of aliphatic hydroxyl groups is 1. The van der Waals surface area contributed by atoms with Crippen molar-refractivity contribution in [1.29, 1.82) is 0 Å². The molecule has 0 bridgehead atoms. The van der Waals surface area contributed by atoms with Crippen LogP contribution in [0.3, 0.4) is 0 Å². The van der Waals surface area contributed by atoms with Crippen LogP contribution < -0.4 is 0 Å². The molecule has 1 unspecified atom stereocenters. The van der Waals surface area contributed by atoms with Crippen molar-refractivity contribution in [3.63, 3.8) is 0 Å². The number of allylic oxidation sites excluding steroid dienone is 4. The number of aliphatic hydroxyl groups excluding tert-OH is 1. The highest BCUT2D eigenvalue weighted by Crippen LogP contribution is 2.70. The highest BCUT2D eigenvalue weighted by atomic mass is 16.7. The van der Waals surface area contributed by atoms with Gasteiger partial charge in [-0.25, -0.2) is 0 Å². The number of esters is 1. The molecule has 11 heteroatoms. The van der Waals surface area contributed by atoms with Crippen LogP contribution in [-0.2, 0) is 28.6 Å².